The SMILES string of the molecule is CC1CCC(NC(=O)COC(=O)c2ccccc2Br)CC1. The number of ether oxygens (including phenoxy) is 1. The lowest BCUT2D eigenvalue weighted by Gasteiger charge is -2.26. The van der Waals surface area contributed by atoms with Gasteiger partial charge in [-0.15, -0.1) is 0 Å². The number of esters is 1. The molecule has 0 aliphatic heterocycles. The first-order valence-electron chi connectivity index (χ1n) is 7.27. The number of amides is 1. The van der Waals surface area contributed by atoms with Gasteiger partial charge in [0.25, 0.3) is 5.91 Å². The van der Waals surface area contributed by atoms with E-state index in [0.29, 0.717) is 10.0 Å². The molecule has 1 amide bonds. The smallest absolute Gasteiger partial charge is 0.339 e. The topological polar surface area (TPSA) is 55.4 Å². The van der Waals surface area contributed by atoms with Gasteiger partial charge in [-0.1, -0.05) is 19.1 Å². The number of nitrogens with one attached hydrogen (secondary N) is 1. The molecule has 1 saturated carbocycles. The Morgan fingerprint density at radius 3 is 2.57 bits per heavy atom. The van der Waals surface area contributed by atoms with Crippen molar-refractivity contribution in [2.45, 2.75) is 38.6 Å². The number of benzene rings is 1. The molecule has 1 aromatic rings. The predicted molar refractivity (Wildman–Crippen MR) is 84.0 cm³/mol. The molecule has 0 spiro atoms. The van der Waals surface area contributed by atoms with E-state index in [1.54, 1.807) is 18.2 Å². The van der Waals surface area contributed by atoms with Crippen LogP contribution in [0.5, 0.6) is 0 Å². The zero-order chi connectivity index (χ0) is 15.2. The van der Waals surface area contributed by atoms with Crippen molar-refractivity contribution in [3.8, 4) is 0 Å². The molecule has 0 saturated heterocycles. The second kappa shape index (κ2) is 7.59. The molecule has 1 aromatic carbocycles. The zero-order valence-corrected chi connectivity index (χ0v) is 13.7. The van der Waals surface area contributed by atoms with Gasteiger partial charge in [0.2, 0.25) is 0 Å². The fraction of sp³-hybridized carbons (Fsp3) is 0.500. The maximum Gasteiger partial charge on any atom is 0.339 e. The van der Waals surface area contributed by atoms with Crippen molar-refractivity contribution in [1.29, 1.82) is 0 Å². The molecule has 0 heterocycles. The van der Waals surface area contributed by atoms with Gasteiger partial charge in [0, 0.05) is 10.5 Å². The van der Waals surface area contributed by atoms with Crippen LogP contribution in [-0.2, 0) is 9.53 Å². The molecule has 1 aliphatic carbocycles. The average molecular weight is 354 g/mol. The highest BCUT2D eigenvalue weighted by Crippen LogP contribution is 2.23. The van der Waals surface area contributed by atoms with Crippen LogP contribution in [0.1, 0.15) is 43.0 Å². The third-order valence-electron chi connectivity index (χ3n) is 3.81. The highest BCUT2D eigenvalue weighted by Gasteiger charge is 2.20. The molecule has 5 heteroatoms. The van der Waals surface area contributed by atoms with Crippen LogP contribution >= 0.6 is 15.9 Å². The van der Waals surface area contributed by atoms with Crippen LogP contribution in [0, 0.1) is 5.92 Å². The van der Waals surface area contributed by atoms with Crippen LogP contribution in [0.15, 0.2) is 28.7 Å². The summed E-state index contributed by atoms with van der Waals surface area (Å²) < 4.78 is 5.72. The molecule has 114 valence electrons. The van der Waals surface area contributed by atoms with Crippen molar-refractivity contribution in [2.24, 2.45) is 5.92 Å². The van der Waals surface area contributed by atoms with Gasteiger partial charge in [0.15, 0.2) is 6.61 Å². The Bertz CT molecular complexity index is 510. The summed E-state index contributed by atoms with van der Waals surface area (Å²) in [4.78, 5) is 23.7. The molecule has 0 bridgehead atoms. The summed E-state index contributed by atoms with van der Waals surface area (Å²) >= 11 is 3.29. The second-order valence-electron chi connectivity index (χ2n) is 5.58. The summed E-state index contributed by atoms with van der Waals surface area (Å²) in [5.41, 5.74) is 0.428. The van der Waals surface area contributed by atoms with Gasteiger partial charge in [0.05, 0.1) is 5.56 Å². The van der Waals surface area contributed by atoms with Gasteiger partial charge in [0.1, 0.15) is 0 Å². The van der Waals surface area contributed by atoms with E-state index in [0.717, 1.165) is 31.6 Å². The van der Waals surface area contributed by atoms with Gasteiger partial charge in [-0.25, -0.2) is 4.79 Å². The van der Waals surface area contributed by atoms with Crippen molar-refractivity contribution < 1.29 is 14.3 Å². The van der Waals surface area contributed by atoms with Crippen molar-refractivity contribution in [2.75, 3.05) is 6.61 Å². The van der Waals surface area contributed by atoms with E-state index in [2.05, 4.69) is 28.2 Å². The van der Waals surface area contributed by atoms with Crippen LogP contribution in [0.25, 0.3) is 0 Å². The Labute approximate surface area is 133 Å². The minimum Gasteiger partial charge on any atom is -0.452 e. The van der Waals surface area contributed by atoms with Crippen LogP contribution < -0.4 is 5.32 Å². The van der Waals surface area contributed by atoms with Gasteiger partial charge < -0.3 is 10.1 Å². The Kier molecular flexibility index (Phi) is 5.79. The molecule has 4 nitrogen and oxygen atoms in total. The largest absolute Gasteiger partial charge is 0.452 e. The van der Waals surface area contributed by atoms with E-state index in [4.69, 9.17) is 4.74 Å². The minimum atomic E-state index is -0.491. The van der Waals surface area contributed by atoms with Crippen molar-refractivity contribution in [3.05, 3.63) is 34.3 Å². The standard InChI is InChI=1S/C16H20BrNO3/c1-11-6-8-12(9-7-11)18-15(19)10-21-16(20)13-4-2-3-5-14(13)17/h2-5,11-12H,6-10H2,1H3,(H,18,19). The Balaban J connectivity index is 1.76. The van der Waals surface area contributed by atoms with E-state index >= 15 is 0 Å². The lowest BCUT2D eigenvalue weighted by molar-refractivity contribution is -0.125. The van der Waals surface area contributed by atoms with Crippen LogP contribution in [0.3, 0.4) is 0 Å². The molecular weight excluding hydrogens is 334 g/mol. The fourth-order valence-corrected chi connectivity index (χ4v) is 2.96. The van der Waals surface area contributed by atoms with Crippen molar-refractivity contribution in [1.82, 2.24) is 5.32 Å². The Morgan fingerprint density at radius 2 is 1.90 bits per heavy atom. The molecule has 1 fully saturated rings. The third-order valence-corrected chi connectivity index (χ3v) is 4.50. The molecule has 1 N–H and O–H groups in total. The second-order valence-corrected chi connectivity index (χ2v) is 6.43. The summed E-state index contributed by atoms with van der Waals surface area (Å²) in [6, 6.07) is 7.21. The Hall–Kier alpha value is -1.36. The summed E-state index contributed by atoms with van der Waals surface area (Å²) in [6.45, 7) is 2.00. The zero-order valence-electron chi connectivity index (χ0n) is 12.1. The fourth-order valence-electron chi connectivity index (χ4n) is 2.51. The number of hydrogen-bond acceptors (Lipinski definition) is 3. The van der Waals surface area contributed by atoms with E-state index < -0.39 is 5.97 Å². The highest BCUT2D eigenvalue weighted by atomic mass is 79.9. The number of carbonyl (C=O) groups is 2. The molecule has 2 rings (SSSR count). The summed E-state index contributed by atoms with van der Waals surface area (Å²) in [5, 5.41) is 2.93. The molecule has 0 atom stereocenters. The molecule has 1 aliphatic rings. The first-order valence-corrected chi connectivity index (χ1v) is 8.06. The molecular formula is C16H20BrNO3. The van der Waals surface area contributed by atoms with E-state index in [9.17, 15) is 9.59 Å². The maximum absolute atomic E-state index is 11.9. The summed E-state index contributed by atoms with van der Waals surface area (Å²) in [6.07, 6.45) is 4.29. The van der Waals surface area contributed by atoms with Crippen LogP contribution in [-0.4, -0.2) is 24.5 Å². The molecule has 21 heavy (non-hydrogen) atoms. The number of hydrogen-bond donors (Lipinski definition) is 1. The van der Waals surface area contributed by atoms with Gasteiger partial charge >= 0.3 is 5.97 Å². The maximum atomic E-state index is 11.9. The van der Waals surface area contributed by atoms with E-state index in [-0.39, 0.29) is 18.6 Å². The number of rotatable bonds is 4. The summed E-state index contributed by atoms with van der Waals surface area (Å²) in [7, 11) is 0. The predicted octanol–water partition coefficient (Wildman–Crippen LogP) is 3.30. The first kappa shape index (κ1) is 16.0. The minimum absolute atomic E-state index is 0.218. The van der Waals surface area contributed by atoms with E-state index in [1.807, 2.05) is 6.07 Å². The van der Waals surface area contributed by atoms with Crippen LogP contribution in [0.4, 0.5) is 0 Å². The molecule has 0 unspecified atom stereocenters. The van der Waals surface area contributed by atoms with E-state index in [1.165, 1.54) is 0 Å². The molecule has 0 aromatic heterocycles. The lowest BCUT2D eigenvalue weighted by atomic mass is 9.87. The van der Waals surface area contributed by atoms with Crippen molar-refractivity contribution >= 4 is 27.8 Å². The quantitative estimate of drug-likeness (QED) is 0.844. The molecule has 0 radical (unpaired) electrons. The lowest BCUT2D eigenvalue weighted by Crippen LogP contribution is -2.39. The Morgan fingerprint density at radius 1 is 1.24 bits per heavy atom. The van der Waals surface area contributed by atoms with Crippen LogP contribution in [0.2, 0.25) is 0 Å². The normalized spacial score (nSPS) is 21.6. The highest BCUT2D eigenvalue weighted by molar-refractivity contribution is 9.10. The number of halogens is 1. The van der Waals surface area contributed by atoms with Gasteiger partial charge in [-0.2, -0.15) is 0 Å². The van der Waals surface area contributed by atoms with Gasteiger partial charge in [-0.05, 0) is 59.7 Å². The van der Waals surface area contributed by atoms with Gasteiger partial charge in [-0.3, -0.25) is 4.79 Å². The average Bonchev–Trinajstić information content (AvgIpc) is 2.48. The van der Waals surface area contributed by atoms with Crippen molar-refractivity contribution in [3.63, 3.8) is 0 Å². The monoisotopic (exact) mass is 353 g/mol. The first-order chi connectivity index (χ1) is 10.1. The number of carbonyl (C=O) groups excluding carboxylic acids is 2. The summed E-state index contributed by atoms with van der Waals surface area (Å²) in [5.74, 6) is 0.0243. The third kappa shape index (κ3) is 4.84.